The van der Waals surface area contributed by atoms with Gasteiger partial charge in [0.05, 0.1) is 37.2 Å². The predicted octanol–water partition coefficient (Wildman–Crippen LogP) is 4.78. The summed E-state index contributed by atoms with van der Waals surface area (Å²) in [5, 5.41) is 2.73. The summed E-state index contributed by atoms with van der Waals surface area (Å²) in [4.78, 5) is 26.9. The smallest absolute Gasteiger partial charge is 0.378 e. The quantitative estimate of drug-likeness (QED) is 0.498. The van der Waals surface area contributed by atoms with E-state index < -0.39 is 17.6 Å². The van der Waals surface area contributed by atoms with Gasteiger partial charge in [-0.15, -0.1) is 0 Å². The lowest BCUT2D eigenvalue weighted by atomic mass is 10.0. The molecule has 5 rings (SSSR count). The average molecular weight is 542 g/mol. The number of ether oxygens (including phenoxy) is 2. The number of rotatable bonds is 5. The fourth-order valence-electron chi connectivity index (χ4n) is 4.67. The van der Waals surface area contributed by atoms with Crippen molar-refractivity contribution in [2.45, 2.75) is 26.1 Å². The van der Waals surface area contributed by atoms with E-state index >= 15 is 0 Å². The Kier molecular flexibility index (Phi) is 7.72. The summed E-state index contributed by atoms with van der Waals surface area (Å²) in [5.74, 6) is 0.757. The van der Waals surface area contributed by atoms with Crippen LogP contribution in [0.1, 0.15) is 28.4 Å². The van der Waals surface area contributed by atoms with E-state index in [1.54, 1.807) is 12.1 Å². The van der Waals surface area contributed by atoms with Gasteiger partial charge in [0.15, 0.2) is 0 Å². The van der Waals surface area contributed by atoms with Crippen molar-refractivity contribution in [1.82, 2.24) is 9.97 Å². The zero-order chi connectivity index (χ0) is 27.6. The molecule has 0 radical (unpaired) electrons. The molecule has 2 aliphatic heterocycles. The Balaban J connectivity index is 1.47. The molecular weight excluding hydrogens is 511 g/mol. The number of hydrogen-bond donors (Lipinski definition) is 1. The van der Waals surface area contributed by atoms with E-state index in [0.717, 1.165) is 29.1 Å². The lowest BCUT2D eigenvalue weighted by Gasteiger charge is -2.33. The van der Waals surface area contributed by atoms with Crippen LogP contribution in [0.2, 0.25) is 0 Å². The van der Waals surface area contributed by atoms with Crippen LogP contribution in [-0.4, -0.2) is 68.0 Å². The fraction of sp³-hybridized carbons (Fsp3) is 0.393. The van der Waals surface area contributed by atoms with Crippen molar-refractivity contribution in [3.05, 3.63) is 65.2 Å². The number of carbonyl (C=O) groups is 1. The van der Waals surface area contributed by atoms with E-state index in [0.29, 0.717) is 63.3 Å². The second kappa shape index (κ2) is 11.2. The van der Waals surface area contributed by atoms with Crippen molar-refractivity contribution in [3.8, 4) is 11.3 Å². The maximum atomic E-state index is 13.1. The van der Waals surface area contributed by atoms with Crippen LogP contribution in [0.25, 0.3) is 11.3 Å². The number of anilines is 3. The van der Waals surface area contributed by atoms with Gasteiger partial charge in [0.2, 0.25) is 5.95 Å². The SMILES string of the molecule is Cc1ccc(NC(=O)c2cccc(C(F)(F)F)c2)cc1-c1cc(N2CCOC(C)C2)nc(N2CCOCC2)n1. The molecular formula is C28H30F3N5O3. The number of nitrogens with one attached hydrogen (secondary N) is 1. The molecule has 1 aromatic heterocycles. The van der Waals surface area contributed by atoms with Gasteiger partial charge in [0.1, 0.15) is 5.82 Å². The first-order valence-electron chi connectivity index (χ1n) is 12.9. The number of nitrogens with zero attached hydrogens (tertiary/aromatic N) is 4. The highest BCUT2D eigenvalue weighted by atomic mass is 19.4. The summed E-state index contributed by atoms with van der Waals surface area (Å²) >= 11 is 0. The minimum Gasteiger partial charge on any atom is -0.378 e. The number of halogens is 3. The molecule has 3 aromatic rings. The van der Waals surface area contributed by atoms with Crippen LogP contribution in [-0.2, 0) is 15.7 Å². The van der Waals surface area contributed by atoms with E-state index in [2.05, 4.69) is 15.1 Å². The van der Waals surface area contributed by atoms with Crippen LogP contribution in [0.15, 0.2) is 48.5 Å². The van der Waals surface area contributed by atoms with Crippen molar-refractivity contribution >= 4 is 23.4 Å². The lowest BCUT2D eigenvalue weighted by molar-refractivity contribution is -0.137. The molecule has 0 spiro atoms. The zero-order valence-electron chi connectivity index (χ0n) is 21.8. The minimum absolute atomic E-state index is 0.0696. The number of aryl methyl sites for hydroxylation is 1. The molecule has 0 saturated carbocycles. The van der Waals surface area contributed by atoms with Crippen LogP contribution in [0, 0.1) is 6.92 Å². The first kappa shape index (κ1) is 26.9. The van der Waals surface area contributed by atoms with E-state index in [9.17, 15) is 18.0 Å². The molecule has 2 aliphatic rings. The molecule has 0 bridgehead atoms. The predicted molar refractivity (Wildman–Crippen MR) is 142 cm³/mol. The van der Waals surface area contributed by atoms with Gasteiger partial charge in [0, 0.05) is 49.1 Å². The zero-order valence-corrected chi connectivity index (χ0v) is 21.8. The van der Waals surface area contributed by atoms with Crippen LogP contribution >= 0.6 is 0 Å². The van der Waals surface area contributed by atoms with Crippen LogP contribution in [0.4, 0.5) is 30.6 Å². The van der Waals surface area contributed by atoms with E-state index in [1.165, 1.54) is 12.1 Å². The Bertz CT molecular complexity index is 1340. The topological polar surface area (TPSA) is 79.8 Å². The van der Waals surface area contributed by atoms with Crippen molar-refractivity contribution < 1.29 is 27.4 Å². The molecule has 1 N–H and O–H groups in total. The lowest BCUT2D eigenvalue weighted by Crippen LogP contribution is -2.42. The second-order valence-corrected chi connectivity index (χ2v) is 9.70. The molecule has 2 fully saturated rings. The monoisotopic (exact) mass is 541 g/mol. The summed E-state index contributed by atoms with van der Waals surface area (Å²) in [6.07, 6.45) is -4.46. The molecule has 8 nitrogen and oxygen atoms in total. The maximum Gasteiger partial charge on any atom is 0.416 e. The number of aromatic nitrogens is 2. The largest absolute Gasteiger partial charge is 0.416 e. The Hall–Kier alpha value is -3.70. The van der Waals surface area contributed by atoms with Gasteiger partial charge in [-0.3, -0.25) is 4.79 Å². The standard InChI is InChI=1S/C28H30F3N5O3/c1-18-6-7-22(32-26(37)20-4-3-5-21(14-20)28(29,30)31)15-23(18)24-16-25(36-10-13-39-19(2)17-36)34-27(33-24)35-8-11-38-12-9-35/h3-7,14-16,19H,8-13,17H2,1-2H3,(H,32,37). The van der Waals surface area contributed by atoms with Gasteiger partial charge in [0.25, 0.3) is 5.91 Å². The number of alkyl halides is 3. The van der Waals surface area contributed by atoms with Gasteiger partial charge in [-0.05, 0) is 49.7 Å². The molecule has 0 aliphatic carbocycles. The first-order chi connectivity index (χ1) is 18.7. The first-order valence-corrected chi connectivity index (χ1v) is 12.9. The Morgan fingerprint density at radius 2 is 1.77 bits per heavy atom. The molecule has 2 saturated heterocycles. The van der Waals surface area contributed by atoms with Gasteiger partial charge in [-0.2, -0.15) is 18.2 Å². The Morgan fingerprint density at radius 1 is 1.00 bits per heavy atom. The highest BCUT2D eigenvalue weighted by molar-refractivity contribution is 6.04. The van der Waals surface area contributed by atoms with Gasteiger partial charge in [-0.25, -0.2) is 4.98 Å². The van der Waals surface area contributed by atoms with Crippen LogP contribution in [0.3, 0.4) is 0 Å². The van der Waals surface area contributed by atoms with Crippen molar-refractivity contribution in [1.29, 1.82) is 0 Å². The molecule has 206 valence electrons. The summed E-state index contributed by atoms with van der Waals surface area (Å²) in [7, 11) is 0. The number of amides is 1. The Labute approximate surface area is 224 Å². The third-order valence-corrected chi connectivity index (χ3v) is 6.78. The summed E-state index contributed by atoms with van der Waals surface area (Å²) in [5.41, 5.74) is 1.91. The molecule has 1 amide bonds. The van der Waals surface area contributed by atoms with Gasteiger partial charge < -0.3 is 24.6 Å². The number of morpholine rings is 2. The normalized spacial score (nSPS) is 18.2. The van der Waals surface area contributed by atoms with Gasteiger partial charge in [-0.1, -0.05) is 12.1 Å². The molecule has 1 atom stereocenters. The number of benzene rings is 2. The highest BCUT2D eigenvalue weighted by Gasteiger charge is 2.31. The molecule has 11 heteroatoms. The molecule has 3 heterocycles. The number of hydrogen-bond acceptors (Lipinski definition) is 7. The maximum absolute atomic E-state index is 13.1. The fourth-order valence-corrected chi connectivity index (χ4v) is 4.67. The van der Waals surface area contributed by atoms with Crippen molar-refractivity contribution in [3.63, 3.8) is 0 Å². The van der Waals surface area contributed by atoms with Crippen molar-refractivity contribution in [2.24, 2.45) is 0 Å². The minimum atomic E-state index is -4.53. The number of carbonyl (C=O) groups excluding carboxylic acids is 1. The second-order valence-electron chi connectivity index (χ2n) is 9.70. The third-order valence-electron chi connectivity index (χ3n) is 6.78. The molecule has 1 unspecified atom stereocenters. The summed E-state index contributed by atoms with van der Waals surface area (Å²) < 4.78 is 50.6. The average Bonchev–Trinajstić information content (AvgIpc) is 2.94. The highest BCUT2D eigenvalue weighted by Crippen LogP contribution is 2.32. The van der Waals surface area contributed by atoms with Gasteiger partial charge >= 0.3 is 6.18 Å². The Morgan fingerprint density at radius 3 is 2.51 bits per heavy atom. The van der Waals surface area contributed by atoms with E-state index in [-0.39, 0.29) is 11.7 Å². The third kappa shape index (κ3) is 6.31. The van der Waals surface area contributed by atoms with Crippen LogP contribution < -0.4 is 15.1 Å². The summed E-state index contributed by atoms with van der Waals surface area (Å²) in [6.45, 7) is 8.51. The molecule has 39 heavy (non-hydrogen) atoms. The van der Waals surface area contributed by atoms with Crippen LogP contribution in [0.5, 0.6) is 0 Å². The van der Waals surface area contributed by atoms with E-state index in [1.807, 2.05) is 26.0 Å². The molecule has 2 aromatic carbocycles. The van der Waals surface area contributed by atoms with Crippen molar-refractivity contribution in [2.75, 3.05) is 61.1 Å². The van der Waals surface area contributed by atoms with E-state index in [4.69, 9.17) is 19.4 Å². The summed E-state index contributed by atoms with van der Waals surface area (Å²) in [6, 6.07) is 11.7.